The van der Waals surface area contributed by atoms with E-state index in [1.807, 2.05) is 0 Å². The maximum atomic E-state index is 13.0. The number of ether oxygens (including phenoxy) is 2. The molecule has 27 heavy (non-hydrogen) atoms. The Morgan fingerprint density at radius 1 is 1.07 bits per heavy atom. The molecule has 0 spiro atoms. The number of rotatable bonds is 5. The summed E-state index contributed by atoms with van der Waals surface area (Å²) >= 11 is 0. The highest BCUT2D eigenvalue weighted by molar-refractivity contribution is 5.97. The van der Waals surface area contributed by atoms with Crippen LogP contribution in [0.5, 0.6) is 11.5 Å². The van der Waals surface area contributed by atoms with Gasteiger partial charge in [-0.25, -0.2) is 0 Å². The number of likely N-dealkylation sites (tertiary alicyclic amines) is 2. The van der Waals surface area contributed by atoms with Crippen LogP contribution in [0, 0.1) is 0 Å². The van der Waals surface area contributed by atoms with Gasteiger partial charge in [-0.2, -0.15) is 0 Å². The minimum absolute atomic E-state index is 0.0822. The Balaban J connectivity index is 1.74. The summed E-state index contributed by atoms with van der Waals surface area (Å²) in [5, 5.41) is 0. The van der Waals surface area contributed by atoms with E-state index in [4.69, 9.17) is 15.2 Å². The van der Waals surface area contributed by atoms with Gasteiger partial charge in [-0.15, -0.1) is 0 Å². The fourth-order valence-corrected chi connectivity index (χ4v) is 4.47. The molecule has 0 atom stereocenters. The van der Waals surface area contributed by atoms with Gasteiger partial charge in [0.25, 0.3) is 11.8 Å². The number of hydrogen-bond donors (Lipinski definition) is 2. The number of quaternary nitrogens is 1. The highest BCUT2D eigenvalue weighted by Gasteiger charge is 2.49. The van der Waals surface area contributed by atoms with Crippen molar-refractivity contribution in [2.24, 2.45) is 5.73 Å². The Kier molecular flexibility index (Phi) is 5.89. The first-order valence-electron chi connectivity index (χ1n) is 9.68. The van der Waals surface area contributed by atoms with Crippen LogP contribution in [0.1, 0.15) is 42.5 Å². The van der Waals surface area contributed by atoms with E-state index in [0.717, 1.165) is 25.9 Å². The highest BCUT2D eigenvalue weighted by atomic mass is 16.5. The second-order valence-corrected chi connectivity index (χ2v) is 7.47. The molecule has 2 aliphatic rings. The second-order valence-electron chi connectivity index (χ2n) is 7.47. The third-order valence-electron chi connectivity index (χ3n) is 6.15. The van der Waals surface area contributed by atoms with Gasteiger partial charge in [0.15, 0.2) is 5.54 Å². The maximum Gasteiger partial charge on any atom is 0.278 e. The first-order chi connectivity index (χ1) is 13.0. The van der Waals surface area contributed by atoms with Crippen molar-refractivity contribution >= 4 is 11.8 Å². The molecule has 1 aromatic rings. The van der Waals surface area contributed by atoms with E-state index in [1.54, 1.807) is 37.3 Å². The van der Waals surface area contributed by atoms with Crippen molar-refractivity contribution in [3.63, 3.8) is 0 Å². The number of carbonyl (C=O) groups excluding carboxylic acids is 2. The van der Waals surface area contributed by atoms with Crippen LogP contribution in [-0.2, 0) is 4.79 Å². The first-order valence-corrected chi connectivity index (χ1v) is 9.68. The zero-order valence-corrected chi connectivity index (χ0v) is 16.3. The number of primary amides is 1. The Bertz CT molecular complexity index is 692. The van der Waals surface area contributed by atoms with E-state index in [0.29, 0.717) is 43.0 Å². The van der Waals surface area contributed by atoms with Gasteiger partial charge < -0.3 is 25.0 Å². The lowest BCUT2D eigenvalue weighted by atomic mass is 9.83. The molecule has 2 saturated heterocycles. The minimum Gasteiger partial charge on any atom is -0.497 e. The Morgan fingerprint density at radius 2 is 1.74 bits per heavy atom. The third-order valence-corrected chi connectivity index (χ3v) is 6.15. The van der Waals surface area contributed by atoms with Crippen molar-refractivity contribution in [3.8, 4) is 11.5 Å². The van der Waals surface area contributed by atoms with E-state index in [2.05, 4.69) is 0 Å². The van der Waals surface area contributed by atoms with Gasteiger partial charge in [0.2, 0.25) is 0 Å². The van der Waals surface area contributed by atoms with Gasteiger partial charge in [-0.05, 0) is 31.4 Å². The van der Waals surface area contributed by atoms with Crippen molar-refractivity contribution in [3.05, 3.63) is 23.8 Å². The summed E-state index contributed by atoms with van der Waals surface area (Å²) in [5.41, 5.74) is 5.82. The van der Waals surface area contributed by atoms with E-state index < -0.39 is 5.54 Å². The second kappa shape index (κ2) is 8.17. The van der Waals surface area contributed by atoms with Crippen molar-refractivity contribution in [2.45, 2.75) is 37.6 Å². The smallest absolute Gasteiger partial charge is 0.278 e. The van der Waals surface area contributed by atoms with Crippen molar-refractivity contribution in [1.29, 1.82) is 0 Å². The number of piperidine rings is 2. The van der Waals surface area contributed by atoms with Gasteiger partial charge in [-0.1, -0.05) is 0 Å². The minimum atomic E-state index is -0.540. The number of carbonyl (C=O) groups is 2. The molecule has 2 aliphatic heterocycles. The topological polar surface area (TPSA) is 86.3 Å². The van der Waals surface area contributed by atoms with E-state index in [1.165, 1.54) is 11.3 Å². The molecule has 3 N–H and O–H groups in total. The lowest BCUT2D eigenvalue weighted by Crippen LogP contribution is -3.22. The summed E-state index contributed by atoms with van der Waals surface area (Å²) in [6.45, 7) is 3.04. The van der Waals surface area contributed by atoms with Crippen molar-refractivity contribution in [1.82, 2.24) is 4.90 Å². The summed E-state index contributed by atoms with van der Waals surface area (Å²) in [7, 11) is 3.12. The lowest BCUT2D eigenvalue weighted by Gasteiger charge is -2.45. The number of methoxy groups -OCH3 is 2. The average molecular weight is 376 g/mol. The molecule has 2 heterocycles. The average Bonchev–Trinajstić information content (AvgIpc) is 2.73. The molecule has 0 saturated carbocycles. The molecule has 0 unspecified atom stereocenters. The number of benzene rings is 1. The quantitative estimate of drug-likeness (QED) is 0.770. The number of nitrogens with two attached hydrogens (primary N) is 1. The molecule has 3 rings (SSSR count). The van der Waals surface area contributed by atoms with Gasteiger partial charge in [0.1, 0.15) is 11.5 Å². The summed E-state index contributed by atoms with van der Waals surface area (Å²) in [5.74, 6) is 0.825. The zero-order valence-electron chi connectivity index (χ0n) is 16.3. The molecule has 0 aliphatic carbocycles. The monoisotopic (exact) mass is 376 g/mol. The molecular weight excluding hydrogens is 346 g/mol. The Labute approximate surface area is 160 Å². The zero-order chi connectivity index (χ0) is 19.4. The van der Waals surface area contributed by atoms with Crippen molar-refractivity contribution in [2.75, 3.05) is 40.4 Å². The molecular formula is C20H30N3O4+. The molecule has 148 valence electrons. The number of nitrogens with one attached hydrogen (secondary N) is 1. The standard InChI is InChI=1S/C20H29N3O4/c1-26-15-6-7-16(17(14-15)27-2)18(24)22-12-8-20(9-13-22,19(21)25)23-10-4-3-5-11-23/h6-7,14H,3-5,8-13H2,1-2H3,(H2,21,25)/p+1. The predicted molar refractivity (Wildman–Crippen MR) is 101 cm³/mol. The lowest BCUT2D eigenvalue weighted by molar-refractivity contribution is -0.948. The molecule has 2 fully saturated rings. The molecule has 7 nitrogen and oxygen atoms in total. The predicted octanol–water partition coefficient (Wildman–Crippen LogP) is 0.233. The fraction of sp³-hybridized carbons (Fsp3) is 0.600. The summed E-state index contributed by atoms with van der Waals surface area (Å²) in [6.07, 6.45) is 4.72. The highest BCUT2D eigenvalue weighted by Crippen LogP contribution is 2.28. The first kappa shape index (κ1) is 19.5. The number of amides is 2. The van der Waals surface area contributed by atoms with E-state index in [-0.39, 0.29) is 11.8 Å². The van der Waals surface area contributed by atoms with Crippen LogP contribution in [0.15, 0.2) is 18.2 Å². The van der Waals surface area contributed by atoms with Gasteiger partial charge in [0, 0.05) is 32.0 Å². The molecule has 0 aromatic heterocycles. The van der Waals surface area contributed by atoms with E-state index in [9.17, 15) is 9.59 Å². The van der Waals surface area contributed by atoms with Crippen LogP contribution in [0.3, 0.4) is 0 Å². The molecule has 0 bridgehead atoms. The van der Waals surface area contributed by atoms with Crippen LogP contribution in [-0.4, -0.2) is 62.7 Å². The third kappa shape index (κ3) is 3.74. The Morgan fingerprint density at radius 3 is 2.30 bits per heavy atom. The molecule has 0 radical (unpaired) electrons. The van der Waals surface area contributed by atoms with Gasteiger partial charge >= 0.3 is 0 Å². The normalized spacial score (nSPS) is 20.1. The van der Waals surface area contributed by atoms with Crippen LogP contribution >= 0.6 is 0 Å². The van der Waals surface area contributed by atoms with Crippen LogP contribution in [0.2, 0.25) is 0 Å². The fourth-order valence-electron chi connectivity index (χ4n) is 4.47. The number of nitrogens with zero attached hydrogens (tertiary/aromatic N) is 1. The van der Waals surface area contributed by atoms with Crippen LogP contribution in [0.4, 0.5) is 0 Å². The van der Waals surface area contributed by atoms with Crippen LogP contribution in [0.25, 0.3) is 0 Å². The summed E-state index contributed by atoms with van der Waals surface area (Å²) in [4.78, 5) is 28.5. The van der Waals surface area contributed by atoms with E-state index >= 15 is 0 Å². The molecule has 1 aromatic carbocycles. The Hall–Kier alpha value is -2.28. The van der Waals surface area contributed by atoms with Gasteiger partial charge in [-0.3, -0.25) is 9.59 Å². The molecule has 2 amide bonds. The molecule has 7 heteroatoms. The van der Waals surface area contributed by atoms with Crippen LogP contribution < -0.4 is 20.1 Å². The SMILES string of the molecule is COc1ccc(C(=O)N2CCC(C(N)=O)([NH+]3CCCCC3)CC2)c(OC)c1. The maximum absolute atomic E-state index is 13.0. The number of hydrogen-bond acceptors (Lipinski definition) is 4. The summed E-state index contributed by atoms with van der Waals surface area (Å²) < 4.78 is 10.6. The van der Waals surface area contributed by atoms with Crippen molar-refractivity contribution < 1.29 is 24.0 Å². The van der Waals surface area contributed by atoms with Gasteiger partial charge in [0.05, 0.1) is 32.9 Å². The largest absolute Gasteiger partial charge is 0.497 e. The summed E-state index contributed by atoms with van der Waals surface area (Å²) in [6, 6.07) is 5.19.